The minimum atomic E-state index is -0.743. The zero-order valence-electron chi connectivity index (χ0n) is 22.3. The molecule has 0 saturated heterocycles. The fourth-order valence-corrected chi connectivity index (χ4v) is 3.83. The van der Waals surface area contributed by atoms with E-state index >= 15 is 0 Å². The molecule has 208 valence electrons. The molecular formula is C25H48N6O5. The van der Waals surface area contributed by atoms with Crippen LogP contribution in [-0.4, -0.2) is 67.2 Å². The molecule has 11 heteroatoms. The minimum Gasteiger partial charge on any atom is -0.354 e. The monoisotopic (exact) mass is 512 g/mol. The van der Waals surface area contributed by atoms with E-state index in [1.807, 2.05) is 6.92 Å². The van der Waals surface area contributed by atoms with Crippen molar-refractivity contribution in [1.29, 1.82) is 0 Å². The van der Waals surface area contributed by atoms with Crippen molar-refractivity contribution in [3.63, 3.8) is 0 Å². The highest BCUT2D eigenvalue weighted by molar-refractivity contribution is 5.91. The summed E-state index contributed by atoms with van der Waals surface area (Å²) < 4.78 is 0. The van der Waals surface area contributed by atoms with Crippen LogP contribution in [0.4, 0.5) is 0 Å². The number of ketones is 1. The molecule has 0 saturated carbocycles. The van der Waals surface area contributed by atoms with Gasteiger partial charge in [-0.05, 0) is 77.3 Å². The zero-order valence-corrected chi connectivity index (χ0v) is 22.3. The van der Waals surface area contributed by atoms with Gasteiger partial charge in [0.05, 0.1) is 6.04 Å². The Morgan fingerprint density at radius 3 is 1.61 bits per heavy atom. The van der Waals surface area contributed by atoms with E-state index in [1.54, 1.807) is 0 Å². The Balaban J connectivity index is 4.89. The van der Waals surface area contributed by atoms with E-state index in [0.29, 0.717) is 71.0 Å². The van der Waals surface area contributed by atoms with Gasteiger partial charge in [-0.1, -0.05) is 6.92 Å². The highest BCUT2D eigenvalue weighted by Gasteiger charge is 2.25. The SMILES string of the molecule is CCCC(=O)[C@H](CCCCNC(=O)[C@H](CCCCN)NC(=O)[C@H](CCCCN)NC(C)=O)NC(C)=O. The van der Waals surface area contributed by atoms with E-state index in [4.69, 9.17) is 11.5 Å². The zero-order chi connectivity index (χ0) is 27.3. The molecule has 4 amide bonds. The molecule has 36 heavy (non-hydrogen) atoms. The predicted octanol–water partition coefficient (Wildman–Crippen LogP) is 0.394. The fraction of sp³-hybridized carbons (Fsp3) is 0.800. The van der Waals surface area contributed by atoms with Crippen LogP contribution < -0.4 is 32.7 Å². The van der Waals surface area contributed by atoms with E-state index in [0.717, 1.165) is 19.3 Å². The number of Topliss-reactive ketones (excluding diaryl/α,β-unsaturated/α-hetero) is 1. The van der Waals surface area contributed by atoms with Crippen molar-refractivity contribution in [2.45, 2.75) is 110 Å². The number of unbranched alkanes of at least 4 members (excludes halogenated alkanes) is 3. The summed E-state index contributed by atoms with van der Waals surface area (Å²) in [5.41, 5.74) is 11.1. The molecule has 0 rings (SSSR count). The third kappa shape index (κ3) is 16.2. The first-order chi connectivity index (χ1) is 17.2. The maximum atomic E-state index is 12.8. The van der Waals surface area contributed by atoms with Crippen LogP contribution in [0, 0.1) is 0 Å². The number of nitrogens with two attached hydrogens (primary N) is 2. The van der Waals surface area contributed by atoms with Gasteiger partial charge in [-0.3, -0.25) is 24.0 Å². The normalized spacial score (nSPS) is 13.2. The van der Waals surface area contributed by atoms with Gasteiger partial charge in [0.1, 0.15) is 12.1 Å². The standard InChI is InChI=1S/C25H48N6O5/c1-4-11-23(34)20(29-18(2)32)12-7-10-17-28-24(35)21(13-5-8-15-26)31-25(36)22(30-19(3)33)14-6-9-16-27/h20-22H,4-17,26-27H2,1-3H3,(H,28,35)(H,29,32)(H,30,33)(H,31,36)/t20-,21-,22-/m0/s1. The van der Waals surface area contributed by atoms with Crippen molar-refractivity contribution < 1.29 is 24.0 Å². The lowest BCUT2D eigenvalue weighted by molar-refractivity contribution is -0.132. The minimum absolute atomic E-state index is 0.0135. The Morgan fingerprint density at radius 1 is 0.639 bits per heavy atom. The van der Waals surface area contributed by atoms with Crippen LogP contribution in [0.3, 0.4) is 0 Å². The third-order valence-electron chi connectivity index (χ3n) is 5.70. The molecule has 0 heterocycles. The second-order valence-corrected chi connectivity index (χ2v) is 9.14. The van der Waals surface area contributed by atoms with E-state index in [2.05, 4.69) is 21.3 Å². The molecule has 0 aliphatic rings. The van der Waals surface area contributed by atoms with Crippen LogP contribution in [0.2, 0.25) is 0 Å². The number of carbonyl (C=O) groups is 5. The van der Waals surface area contributed by atoms with Crippen LogP contribution in [0.1, 0.15) is 91.4 Å². The van der Waals surface area contributed by atoms with Crippen molar-refractivity contribution in [2.24, 2.45) is 11.5 Å². The fourth-order valence-electron chi connectivity index (χ4n) is 3.83. The highest BCUT2D eigenvalue weighted by Crippen LogP contribution is 2.07. The molecule has 0 unspecified atom stereocenters. The van der Waals surface area contributed by atoms with Crippen molar-refractivity contribution in [3.05, 3.63) is 0 Å². The topological polar surface area (TPSA) is 186 Å². The Morgan fingerprint density at radius 2 is 1.11 bits per heavy atom. The molecule has 11 nitrogen and oxygen atoms in total. The average molecular weight is 513 g/mol. The van der Waals surface area contributed by atoms with Crippen molar-refractivity contribution in [2.75, 3.05) is 19.6 Å². The van der Waals surface area contributed by atoms with Gasteiger partial charge in [0.15, 0.2) is 5.78 Å². The summed E-state index contributed by atoms with van der Waals surface area (Å²) in [6.45, 7) is 6.02. The van der Waals surface area contributed by atoms with Gasteiger partial charge in [-0.2, -0.15) is 0 Å². The molecule has 0 aromatic rings. The summed E-state index contributed by atoms with van der Waals surface area (Å²) >= 11 is 0. The number of carbonyl (C=O) groups excluding carboxylic acids is 5. The third-order valence-corrected chi connectivity index (χ3v) is 5.70. The summed E-state index contributed by atoms with van der Waals surface area (Å²) in [5.74, 6) is -1.25. The predicted molar refractivity (Wildman–Crippen MR) is 140 cm³/mol. The van der Waals surface area contributed by atoms with E-state index in [1.165, 1.54) is 13.8 Å². The van der Waals surface area contributed by atoms with Crippen LogP contribution in [0.25, 0.3) is 0 Å². The number of rotatable bonds is 21. The molecular weight excluding hydrogens is 464 g/mol. The van der Waals surface area contributed by atoms with E-state index in [9.17, 15) is 24.0 Å². The first-order valence-electron chi connectivity index (χ1n) is 13.2. The second-order valence-electron chi connectivity index (χ2n) is 9.14. The van der Waals surface area contributed by atoms with Gasteiger partial charge in [0, 0.05) is 26.8 Å². The Bertz CT molecular complexity index is 688. The summed E-state index contributed by atoms with van der Waals surface area (Å²) in [7, 11) is 0. The Labute approximate surface area is 215 Å². The van der Waals surface area contributed by atoms with Crippen molar-refractivity contribution in [1.82, 2.24) is 21.3 Å². The maximum Gasteiger partial charge on any atom is 0.243 e. The smallest absolute Gasteiger partial charge is 0.243 e. The van der Waals surface area contributed by atoms with Gasteiger partial charge in [0.2, 0.25) is 23.6 Å². The second kappa shape index (κ2) is 20.6. The molecule has 3 atom stereocenters. The van der Waals surface area contributed by atoms with E-state index < -0.39 is 24.0 Å². The molecule has 0 aromatic carbocycles. The number of hydrogen-bond donors (Lipinski definition) is 6. The number of hydrogen-bond acceptors (Lipinski definition) is 7. The number of amides is 4. The van der Waals surface area contributed by atoms with Crippen LogP contribution >= 0.6 is 0 Å². The van der Waals surface area contributed by atoms with Crippen LogP contribution in [-0.2, 0) is 24.0 Å². The summed E-state index contributed by atoms with van der Waals surface area (Å²) in [4.78, 5) is 60.9. The van der Waals surface area contributed by atoms with Gasteiger partial charge in [0.25, 0.3) is 0 Å². The van der Waals surface area contributed by atoms with E-state index in [-0.39, 0.29) is 23.5 Å². The maximum absolute atomic E-state index is 12.8. The summed E-state index contributed by atoms with van der Waals surface area (Å²) in [6, 6.07) is -1.98. The summed E-state index contributed by atoms with van der Waals surface area (Å²) in [6.07, 6.45) is 6.59. The molecule has 0 spiro atoms. The molecule has 8 N–H and O–H groups in total. The number of nitrogens with one attached hydrogen (secondary N) is 4. The molecule has 0 aliphatic heterocycles. The van der Waals surface area contributed by atoms with Crippen LogP contribution in [0.5, 0.6) is 0 Å². The highest BCUT2D eigenvalue weighted by atomic mass is 16.2. The van der Waals surface area contributed by atoms with Gasteiger partial charge < -0.3 is 32.7 Å². The molecule has 0 bridgehead atoms. The lowest BCUT2D eigenvalue weighted by Crippen LogP contribution is -2.53. The summed E-state index contributed by atoms with van der Waals surface area (Å²) in [5, 5.41) is 11.0. The Kier molecular flexibility index (Phi) is 19.2. The Hall–Kier alpha value is -2.53. The van der Waals surface area contributed by atoms with Gasteiger partial charge >= 0.3 is 0 Å². The van der Waals surface area contributed by atoms with Crippen LogP contribution in [0.15, 0.2) is 0 Å². The average Bonchev–Trinajstić information content (AvgIpc) is 2.81. The molecule has 0 fully saturated rings. The largest absolute Gasteiger partial charge is 0.354 e. The lowest BCUT2D eigenvalue weighted by atomic mass is 10.0. The van der Waals surface area contributed by atoms with Gasteiger partial charge in [-0.15, -0.1) is 0 Å². The van der Waals surface area contributed by atoms with Crippen molar-refractivity contribution in [3.8, 4) is 0 Å². The lowest BCUT2D eigenvalue weighted by Gasteiger charge is -2.23. The first-order valence-corrected chi connectivity index (χ1v) is 13.2. The molecule has 0 aromatic heterocycles. The molecule has 0 radical (unpaired) electrons. The quantitative estimate of drug-likeness (QED) is 0.120. The first kappa shape index (κ1) is 33.5. The molecule has 0 aliphatic carbocycles. The van der Waals surface area contributed by atoms with Crippen molar-refractivity contribution >= 4 is 29.4 Å². The van der Waals surface area contributed by atoms with Gasteiger partial charge in [-0.25, -0.2) is 0 Å².